The van der Waals surface area contributed by atoms with Gasteiger partial charge in [-0.1, -0.05) is 38.5 Å². The second kappa shape index (κ2) is 22.0. The number of amides is 3. The van der Waals surface area contributed by atoms with Crippen molar-refractivity contribution in [1.82, 2.24) is 15.1 Å². The molecule has 2 atom stereocenters. The number of hydrogen-bond acceptors (Lipinski definition) is 8. The van der Waals surface area contributed by atoms with E-state index in [4.69, 9.17) is 24.1 Å². The van der Waals surface area contributed by atoms with Crippen LogP contribution in [0.25, 0.3) is 0 Å². The summed E-state index contributed by atoms with van der Waals surface area (Å²) in [5.74, 6) is 1.01. The monoisotopic (exact) mass is 745 g/mol. The van der Waals surface area contributed by atoms with Crippen molar-refractivity contribution in [3.8, 4) is 11.5 Å². The second-order valence-electron chi connectivity index (χ2n) is 16.2. The molecule has 3 fully saturated rings. The fourth-order valence-electron chi connectivity index (χ4n) is 7.51. The first-order valence-corrected chi connectivity index (χ1v) is 19.8. The summed E-state index contributed by atoms with van der Waals surface area (Å²) in [5, 5.41) is 11.7. The van der Waals surface area contributed by atoms with Crippen molar-refractivity contribution >= 4 is 23.9 Å². The maximum Gasteiger partial charge on any atom is 0.410 e. The molecule has 0 radical (unpaired) electrons. The number of carbonyl (C=O) groups is 4. The van der Waals surface area contributed by atoms with Crippen LogP contribution in [0.15, 0.2) is 18.2 Å². The number of nitrogens with zero attached hydrogens (tertiary/aromatic N) is 2. The highest BCUT2D eigenvalue weighted by Crippen LogP contribution is 2.31. The van der Waals surface area contributed by atoms with Gasteiger partial charge < -0.3 is 39.2 Å². The van der Waals surface area contributed by atoms with E-state index in [1.165, 1.54) is 38.5 Å². The van der Waals surface area contributed by atoms with Crippen LogP contribution in [-0.4, -0.2) is 104 Å². The quantitative estimate of drug-likeness (QED) is 0.177. The highest BCUT2D eigenvalue weighted by molar-refractivity contribution is 5.95. The Morgan fingerprint density at radius 2 is 1.51 bits per heavy atom. The first-order valence-electron chi connectivity index (χ1n) is 19.8. The van der Waals surface area contributed by atoms with E-state index in [2.05, 4.69) is 5.32 Å². The normalized spacial score (nSPS) is 19.6. The van der Waals surface area contributed by atoms with Crippen LogP contribution in [0.3, 0.4) is 0 Å². The molecule has 1 aromatic carbocycles. The largest absolute Gasteiger partial charge is 0.493 e. The summed E-state index contributed by atoms with van der Waals surface area (Å²) in [5.41, 5.74) is -0.150. The van der Waals surface area contributed by atoms with Crippen LogP contribution in [0.1, 0.15) is 128 Å². The van der Waals surface area contributed by atoms with Gasteiger partial charge in [-0.3, -0.25) is 14.4 Å². The fraction of sp³-hybridized carbons (Fsp3) is 0.756. The predicted octanol–water partition coefficient (Wildman–Crippen LogP) is 7.32. The average Bonchev–Trinajstić information content (AvgIpc) is 3.50. The number of nitrogens with one attached hydrogen (secondary N) is 1. The summed E-state index contributed by atoms with van der Waals surface area (Å²) in [6.45, 7) is 11.6. The number of carboxylic acid groups (broad SMARTS) is 1. The molecule has 2 saturated carbocycles. The molecule has 3 aliphatic rings. The molecule has 12 heteroatoms. The third-order valence-corrected chi connectivity index (χ3v) is 10.3. The van der Waals surface area contributed by atoms with Gasteiger partial charge in [-0.15, -0.1) is 0 Å². The third kappa shape index (κ3) is 15.4. The van der Waals surface area contributed by atoms with Crippen LogP contribution in [0.2, 0.25) is 0 Å². The fourth-order valence-corrected chi connectivity index (χ4v) is 7.51. The molecular weight excluding hydrogens is 678 g/mol. The number of aliphatic carboxylic acids is 1. The summed E-state index contributed by atoms with van der Waals surface area (Å²) in [6.07, 6.45) is 13.0. The lowest BCUT2D eigenvalue weighted by Gasteiger charge is -2.32. The highest BCUT2D eigenvalue weighted by Gasteiger charge is 2.40. The lowest BCUT2D eigenvalue weighted by molar-refractivity contribution is -0.138. The van der Waals surface area contributed by atoms with E-state index in [1.54, 1.807) is 42.2 Å². The number of methoxy groups -OCH3 is 2. The Bertz CT molecular complexity index is 1300. The molecule has 0 aromatic heterocycles. The number of hydrogen-bond donors (Lipinski definition) is 2. The molecule has 3 amide bonds. The molecule has 1 aliphatic heterocycles. The molecule has 1 aromatic rings. The minimum Gasteiger partial charge on any atom is -0.493 e. The van der Waals surface area contributed by atoms with Crippen LogP contribution in [-0.2, 0) is 19.1 Å². The van der Waals surface area contributed by atoms with Gasteiger partial charge in [0.2, 0.25) is 5.91 Å². The van der Waals surface area contributed by atoms with Crippen molar-refractivity contribution in [2.24, 2.45) is 17.8 Å². The Balaban J connectivity index is 0.000000651. The Hall–Kier alpha value is -3.54. The van der Waals surface area contributed by atoms with Gasteiger partial charge in [0.15, 0.2) is 11.5 Å². The first-order chi connectivity index (χ1) is 25.2. The number of likely N-dealkylation sites (tertiary alicyclic amines) is 1. The summed E-state index contributed by atoms with van der Waals surface area (Å²) in [7, 11) is 3.21. The van der Waals surface area contributed by atoms with E-state index in [0.29, 0.717) is 81.0 Å². The molecule has 0 bridgehead atoms. The molecular formula is C41H67N3O9. The zero-order valence-corrected chi connectivity index (χ0v) is 33.5. The smallest absolute Gasteiger partial charge is 0.410 e. The standard InChI is InChI=1S/C33H53N3O7.C8H14O2/c1-23(2)36(31(38)25-14-15-28(41-7)29(19-25)42-17-11-16-40-6)21-26-20-35(32(39)43-33(3,4)5)22-27(26)34-30(37)18-24-12-9-8-10-13-24;9-8(10)6-7-4-2-1-3-5-7/h14-15,19,23-24,26-27H,8-13,16-18,20-22H2,1-7H3,(H,34,37);7H,1-6H2,(H,9,10)/t26-,27+;/m0./s1. The van der Waals surface area contributed by atoms with Crippen molar-refractivity contribution in [2.45, 2.75) is 136 Å². The topological polar surface area (TPSA) is 144 Å². The van der Waals surface area contributed by atoms with Crippen LogP contribution >= 0.6 is 0 Å². The molecule has 1 heterocycles. The number of rotatable bonds is 15. The molecule has 0 spiro atoms. The number of ether oxygens (including phenoxy) is 4. The molecule has 300 valence electrons. The molecule has 0 unspecified atom stereocenters. The summed E-state index contributed by atoms with van der Waals surface area (Å²) in [4.78, 5) is 53.8. The van der Waals surface area contributed by atoms with Crippen molar-refractivity contribution in [3.05, 3.63) is 23.8 Å². The van der Waals surface area contributed by atoms with Crippen LogP contribution in [0.5, 0.6) is 11.5 Å². The van der Waals surface area contributed by atoms with Crippen LogP contribution in [0, 0.1) is 17.8 Å². The summed E-state index contributed by atoms with van der Waals surface area (Å²) >= 11 is 0. The van der Waals surface area contributed by atoms with Crippen molar-refractivity contribution in [2.75, 3.05) is 47.1 Å². The maximum absolute atomic E-state index is 13.9. The van der Waals surface area contributed by atoms with Gasteiger partial charge in [0.1, 0.15) is 5.60 Å². The average molecular weight is 746 g/mol. The maximum atomic E-state index is 13.9. The summed E-state index contributed by atoms with van der Waals surface area (Å²) < 4.78 is 22.1. The van der Waals surface area contributed by atoms with Gasteiger partial charge in [-0.05, 0) is 90.3 Å². The molecule has 1 saturated heterocycles. The lowest BCUT2D eigenvalue weighted by atomic mass is 9.86. The second-order valence-corrected chi connectivity index (χ2v) is 16.2. The van der Waals surface area contributed by atoms with Gasteiger partial charge in [0, 0.05) is 70.1 Å². The molecule has 2 N–H and O–H groups in total. The Morgan fingerprint density at radius 3 is 2.06 bits per heavy atom. The number of carbonyl (C=O) groups excluding carboxylic acids is 3. The predicted molar refractivity (Wildman–Crippen MR) is 204 cm³/mol. The lowest BCUT2D eigenvalue weighted by Crippen LogP contribution is -2.47. The van der Waals surface area contributed by atoms with E-state index in [9.17, 15) is 19.2 Å². The molecule has 53 heavy (non-hydrogen) atoms. The third-order valence-electron chi connectivity index (χ3n) is 10.3. The van der Waals surface area contributed by atoms with Crippen LogP contribution in [0.4, 0.5) is 4.79 Å². The number of carboxylic acids is 1. The first kappa shape index (κ1) is 43.9. The highest BCUT2D eigenvalue weighted by atomic mass is 16.6. The molecule has 12 nitrogen and oxygen atoms in total. The SMILES string of the molecule is COCCCOc1cc(C(=O)N(C[C@@H]2CN(C(=O)OC(C)(C)C)C[C@H]2NC(=O)CC2CCCCC2)C(C)C)ccc1OC.O=C(O)CC1CCCCC1. The van der Waals surface area contributed by atoms with Gasteiger partial charge in [-0.2, -0.15) is 0 Å². The molecule has 2 aliphatic carbocycles. The van der Waals surface area contributed by atoms with Gasteiger partial charge in [-0.25, -0.2) is 4.79 Å². The Labute approximate surface area is 317 Å². The van der Waals surface area contributed by atoms with Crippen molar-refractivity contribution in [1.29, 1.82) is 0 Å². The minimum atomic E-state index is -0.632. The van der Waals surface area contributed by atoms with Crippen LogP contribution < -0.4 is 14.8 Å². The zero-order valence-electron chi connectivity index (χ0n) is 33.5. The Morgan fingerprint density at radius 1 is 0.887 bits per heavy atom. The summed E-state index contributed by atoms with van der Waals surface area (Å²) in [6, 6.07) is 4.80. The Kier molecular flexibility index (Phi) is 18.2. The van der Waals surface area contributed by atoms with E-state index in [1.807, 2.05) is 34.6 Å². The van der Waals surface area contributed by atoms with Gasteiger partial charge in [0.25, 0.3) is 5.91 Å². The van der Waals surface area contributed by atoms with Gasteiger partial charge >= 0.3 is 12.1 Å². The molecule has 4 rings (SSSR count). The van der Waals surface area contributed by atoms with E-state index >= 15 is 0 Å². The van der Waals surface area contributed by atoms with E-state index < -0.39 is 17.7 Å². The zero-order chi connectivity index (χ0) is 39.0. The van der Waals surface area contributed by atoms with E-state index in [-0.39, 0.29) is 29.8 Å². The van der Waals surface area contributed by atoms with E-state index in [0.717, 1.165) is 25.7 Å². The van der Waals surface area contributed by atoms with Gasteiger partial charge in [0.05, 0.1) is 19.8 Å². The van der Waals surface area contributed by atoms with Crippen molar-refractivity contribution < 1.29 is 43.2 Å². The minimum absolute atomic E-state index is 0.0146. The number of benzene rings is 1. The van der Waals surface area contributed by atoms with Crippen molar-refractivity contribution in [3.63, 3.8) is 0 Å².